The first-order valence-electron chi connectivity index (χ1n) is 4.95. The standard InChI is InChI=1S/C8H11N3O6S/c1-4-2-5(7(9)12)10-3-6(4)11(8(10)13)17-18(14,15)16/h2,5-6H,3H2,1H3,(H2,9,12)(H,14,15,16). The number of fused-ring (bicyclic) bond motifs is 2. The van der Waals surface area contributed by atoms with Crippen molar-refractivity contribution in [2.75, 3.05) is 6.54 Å². The van der Waals surface area contributed by atoms with Gasteiger partial charge in [0.1, 0.15) is 12.1 Å². The number of urea groups is 1. The van der Waals surface area contributed by atoms with Crippen LogP contribution in [0.25, 0.3) is 0 Å². The van der Waals surface area contributed by atoms with E-state index in [1.54, 1.807) is 6.92 Å². The van der Waals surface area contributed by atoms with Gasteiger partial charge in [-0.1, -0.05) is 6.08 Å². The van der Waals surface area contributed by atoms with Crippen molar-refractivity contribution >= 4 is 22.3 Å². The van der Waals surface area contributed by atoms with E-state index in [0.717, 1.165) is 4.90 Å². The van der Waals surface area contributed by atoms with Crippen LogP contribution < -0.4 is 5.73 Å². The molecule has 9 nitrogen and oxygen atoms in total. The fraction of sp³-hybridized carbons (Fsp3) is 0.500. The summed E-state index contributed by atoms with van der Waals surface area (Å²) in [5.41, 5.74) is 5.70. The molecule has 2 aliphatic rings. The molecule has 2 aliphatic heterocycles. The molecule has 18 heavy (non-hydrogen) atoms. The number of carbonyl (C=O) groups excluding carboxylic acids is 2. The molecular weight excluding hydrogens is 266 g/mol. The molecule has 0 radical (unpaired) electrons. The predicted molar refractivity (Wildman–Crippen MR) is 57.1 cm³/mol. The van der Waals surface area contributed by atoms with Crippen LogP contribution >= 0.6 is 0 Å². The van der Waals surface area contributed by atoms with Gasteiger partial charge in [-0.05, 0) is 12.5 Å². The van der Waals surface area contributed by atoms with Crippen LogP contribution in [0.3, 0.4) is 0 Å². The number of hydroxylamine groups is 2. The molecule has 2 unspecified atom stereocenters. The molecule has 0 aromatic heterocycles. The van der Waals surface area contributed by atoms with Crippen LogP contribution in [0.2, 0.25) is 0 Å². The van der Waals surface area contributed by atoms with E-state index >= 15 is 0 Å². The topological polar surface area (TPSA) is 130 Å². The Balaban J connectivity index is 2.34. The van der Waals surface area contributed by atoms with E-state index in [-0.39, 0.29) is 6.54 Å². The molecule has 2 bridgehead atoms. The molecule has 1 fully saturated rings. The molecule has 100 valence electrons. The van der Waals surface area contributed by atoms with Crippen molar-refractivity contribution < 1.29 is 26.8 Å². The third-order valence-corrected chi connectivity index (χ3v) is 3.18. The number of hydrogen-bond acceptors (Lipinski definition) is 5. The Hall–Kier alpha value is -1.65. The van der Waals surface area contributed by atoms with Crippen LogP contribution in [0.1, 0.15) is 6.92 Å². The van der Waals surface area contributed by atoms with Gasteiger partial charge in [0.2, 0.25) is 5.91 Å². The maximum absolute atomic E-state index is 11.8. The van der Waals surface area contributed by atoms with Gasteiger partial charge in [0.15, 0.2) is 0 Å². The summed E-state index contributed by atoms with van der Waals surface area (Å²) in [5, 5.41) is 0.518. The van der Waals surface area contributed by atoms with E-state index in [9.17, 15) is 18.0 Å². The number of hydrogen-bond donors (Lipinski definition) is 2. The zero-order valence-electron chi connectivity index (χ0n) is 9.31. The Morgan fingerprint density at radius 3 is 2.72 bits per heavy atom. The molecule has 0 aliphatic carbocycles. The molecule has 2 atom stereocenters. The van der Waals surface area contributed by atoms with Crippen molar-refractivity contribution in [1.82, 2.24) is 9.96 Å². The van der Waals surface area contributed by atoms with Crippen LogP contribution in [0, 0.1) is 0 Å². The summed E-state index contributed by atoms with van der Waals surface area (Å²) < 4.78 is 34.1. The molecule has 1 saturated heterocycles. The minimum absolute atomic E-state index is 0.0737. The van der Waals surface area contributed by atoms with Crippen molar-refractivity contribution in [3.8, 4) is 0 Å². The van der Waals surface area contributed by atoms with Gasteiger partial charge < -0.3 is 10.6 Å². The molecule has 0 saturated carbocycles. The predicted octanol–water partition coefficient (Wildman–Crippen LogP) is -1.36. The van der Waals surface area contributed by atoms with Crippen molar-refractivity contribution in [3.63, 3.8) is 0 Å². The fourth-order valence-electron chi connectivity index (χ4n) is 2.03. The van der Waals surface area contributed by atoms with Gasteiger partial charge in [0, 0.05) is 0 Å². The van der Waals surface area contributed by atoms with Gasteiger partial charge >= 0.3 is 16.4 Å². The molecular formula is C8H11N3O6S. The van der Waals surface area contributed by atoms with Crippen molar-refractivity contribution in [2.45, 2.75) is 19.0 Å². The highest BCUT2D eigenvalue weighted by molar-refractivity contribution is 7.80. The Morgan fingerprint density at radius 2 is 2.22 bits per heavy atom. The van der Waals surface area contributed by atoms with E-state index in [1.165, 1.54) is 6.08 Å². The molecule has 10 heteroatoms. The Labute approximate surface area is 103 Å². The Morgan fingerprint density at radius 1 is 1.61 bits per heavy atom. The molecule has 0 aromatic rings. The average Bonchev–Trinajstić information content (AvgIpc) is 2.47. The molecule has 3 amide bonds. The maximum atomic E-state index is 11.8. The van der Waals surface area contributed by atoms with Crippen LogP contribution in [-0.4, -0.2) is 53.5 Å². The van der Waals surface area contributed by atoms with Gasteiger partial charge in [0.05, 0.1) is 6.54 Å². The van der Waals surface area contributed by atoms with Gasteiger partial charge in [-0.3, -0.25) is 9.35 Å². The third kappa shape index (κ3) is 2.05. The summed E-state index contributed by atoms with van der Waals surface area (Å²) in [6, 6.07) is -2.45. The summed E-state index contributed by atoms with van der Waals surface area (Å²) in [7, 11) is -4.81. The van der Waals surface area contributed by atoms with Crippen LogP contribution in [0.15, 0.2) is 11.6 Å². The van der Waals surface area contributed by atoms with E-state index in [0.29, 0.717) is 10.6 Å². The van der Waals surface area contributed by atoms with E-state index in [2.05, 4.69) is 4.28 Å². The zero-order chi connectivity index (χ0) is 13.7. The number of rotatable bonds is 3. The summed E-state index contributed by atoms with van der Waals surface area (Å²) in [6.45, 7) is 1.68. The smallest absolute Gasteiger partial charge is 0.368 e. The monoisotopic (exact) mass is 277 g/mol. The third-order valence-electron chi connectivity index (χ3n) is 2.84. The molecule has 0 aromatic carbocycles. The minimum atomic E-state index is -4.81. The van der Waals surface area contributed by atoms with Crippen molar-refractivity contribution in [3.05, 3.63) is 11.6 Å². The highest BCUT2D eigenvalue weighted by atomic mass is 32.3. The summed E-state index contributed by atoms with van der Waals surface area (Å²) >= 11 is 0. The molecule has 0 spiro atoms. The SMILES string of the molecule is CC1=CC(C(N)=O)N2CC1N(OS(=O)(=O)O)C2=O. The molecule has 2 heterocycles. The number of primary amides is 1. The number of carbonyl (C=O) groups is 2. The van der Waals surface area contributed by atoms with Gasteiger partial charge in [0.25, 0.3) is 0 Å². The van der Waals surface area contributed by atoms with Crippen LogP contribution in [0.4, 0.5) is 4.79 Å². The first kappa shape index (κ1) is 12.8. The second-order valence-corrected chi connectivity index (χ2v) is 5.04. The molecule has 2 rings (SSSR count). The highest BCUT2D eigenvalue weighted by Crippen LogP contribution is 2.30. The summed E-state index contributed by atoms with van der Waals surface area (Å²) in [5.74, 6) is -0.727. The Kier molecular flexibility index (Phi) is 2.80. The number of nitrogens with zero attached hydrogens (tertiary/aromatic N) is 2. The van der Waals surface area contributed by atoms with E-state index in [4.69, 9.17) is 10.3 Å². The average molecular weight is 277 g/mol. The Bertz CT molecular complexity index is 541. The highest BCUT2D eigenvalue weighted by Gasteiger charge is 2.48. The lowest BCUT2D eigenvalue weighted by molar-refractivity contribution is -0.120. The lowest BCUT2D eigenvalue weighted by Gasteiger charge is -2.25. The lowest BCUT2D eigenvalue weighted by atomic mass is 10.0. The number of amides is 3. The summed E-state index contributed by atoms with van der Waals surface area (Å²) in [4.78, 5) is 24.1. The molecule has 3 N–H and O–H groups in total. The quantitative estimate of drug-likeness (QED) is 0.484. The summed E-state index contributed by atoms with van der Waals surface area (Å²) in [6.07, 6.45) is 1.46. The maximum Gasteiger partial charge on any atom is 0.418 e. The van der Waals surface area contributed by atoms with Crippen LogP contribution in [-0.2, 0) is 19.5 Å². The van der Waals surface area contributed by atoms with Gasteiger partial charge in [-0.25, -0.2) is 4.79 Å². The van der Waals surface area contributed by atoms with E-state index in [1.807, 2.05) is 0 Å². The number of nitrogens with two attached hydrogens (primary N) is 1. The second kappa shape index (κ2) is 3.93. The fourth-order valence-corrected chi connectivity index (χ4v) is 2.40. The largest absolute Gasteiger partial charge is 0.418 e. The minimum Gasteiger partial charge on any atom is -0.368 e. The lowest BCUT2D eigenvalue weighted by Crippen LogP contribution is -2.46. The van der Waals surface area contributed by atoms with Crippen molar-refractivity contribution in [2.24, 2.45) is 5.73 Å². The first-order chi connectivity index (χ1) is 8.20. The first-order valence-corrected chi connectivity index (χ1v) is 6.31. The van der Waals surface area contributed by atoms with Gasteiger partial charge in [-0.2, -0.15) is 13.5 Å². The zero-order valence-corrected chi connectivity index (χ0v) is 10.1. The second-order valence-electron chi connectivity index (χ2n) is 4.04. The van der Waals surface area contributed by atoms with Crippen molar-refractivity contribution in [1.29, 1.82) is 0 Å². The van der Waals surface area contributed by atoms with E-state index < -0.39 is 34.4 Å². The van der Waals surface area contributed by atoms with Gasteiger partial charge in [-0.15, -0.1) is 4.28 Å². The normalized spacial score (nSPS) is 27.4. The van der Waals surface area contributed by atoms with Crippen LogP contribution in [0.5, 0.6) is 0 Å².